The van der Waals surface area contributed by atoms with Crippen LogP contribution in [0.3, 0.4) is 0 Å². The molecule has 0 bridgehead atoms. The van der Waals surface area contributed by atoms with Gasteiger partial charge in [0.25, 0.3) is 5.56 Å². The van der Waals surface area contributed by atoms with Crippen LogP contribution in [0.25, 0.3) is 0 Å². The first-order chi connectivity index (χ1) is 9.08. The summed E-state index contributed by atoms with van der Waals surface area (Å²) in [5.41, 5.74) is -0.294. The van der Waals surface area contributed by atoms with E-state index in [1.165, 1.54) is 4.90 Å². The number of carboxylic acid groups (broad SMARTS) is 1. The lowest BCUT2D eigenvalue weighted by Crippen LogP contribution is -2.35. The minimum Gasteiger partial charge on any atom is -0.465 e. The lowest BCUT2D eigenvalue weighted by molar-refractivity contribution is -0.124. The molecule has 1 atom stereocenters. The highest BCUT2D eigenvalue weighted by atomic mass is 16.4. The first-order valence-corrected chi connectivity index (χ1v) is 5.72. The van der Waals surface area contributed by atoms with E-state index >= 15 is 0 Å². The van der Waals surface area contributed by atoms with E-state index in [9.17, 15) is 14.4 Å². The molecular weight excluding hydrogens is 254 g/mol. The molecule has 1 aliphatic rings. The van der Waals surface area contributed by atoms with Crippen LogP contribution in [0.2, 0.25) is 0 Å². The van der Waals surface area contributed by atoms with Crippen molar-refractivity contribution < 1.29 is 14.7 Å². The topological polar surface area (TPSA) is 128 Å². The smallest absolute Gasteiger partial charge is 0.407 e. The van der Waals surface area contributed by atoms with E-state index in [-0.39, 0.29) is 30.6 Å². The second-order valence-corrected chi connectivity index (χ2v) is 4.20. The van der Waals surface area contributed by atoms with Crippen molar-refractivity contribution >= 4 is 12.0 Å². The number of hydrogen-bond acceptors (Lipinski definition) is 5. The summed E-state index contributed by atoms with van der Waals surface area (Å²) < 4.78 is 0. The lowest BCUT2D eigenvalue weighted by Gasteiger charge is -2.12. The predicted molar refractivity (Wildman–Crippen MR) is 62.2 cm³/mol. The van der Waals surface area contributed by atoms with E-state index < -0.39 is 11.7 Å². The van der Waals surface area contributed by atoms with Gasteiger partial charge in [-0.05, 0) is 6.42 Å². The monoisotopic (exact) mass is 267 g/mol. The normalized spacial score (nSPS) is 18.3. The number of rotatable bonds is 3. The number of carbonyl (C=O) groups is 2. The Labute approximate surface area is 107 Å². The quantitative estimate of drug-likeness (QED) is 0.629. The molecule has 2 amide bonds. The third-order valence-corrected chi connectivity index (χ3v) is 2.95. The van der Waals surface area contributed by atoms with Crippen LogP contribution in [0.4, 0.5) is 4.79 Å². The van der Waals surface area contributed by atoms with Crippen LogP contribution in [0.1, 0.15) is 12.1 Å². The van der Waals surface area contributed by atoms with Crippen LogP contribution in [0.5, 0.6) is 0 Å². The van der Waals surface area contributed by atoms with Crippen molar-refractivity contribution in [3.8, 4) is 0 Å². The summed E-state index contributed by atoms with van der Waals surface area (Å²) in [6.45, 7) is 0.503. The average Bonchev–Trinajstić information content (AvgIpc) is 2.87. The fourth-order valence-electron chi connectivity index (χ4n) is 1.89. The highest BCUT2D eigenvalue weighted by Gasteiger charge is 2.30. The van der Waals surface area contributed by atoms with Crippen LogP contribution in [-0.4, -0.2) is 50.3 Å². The van der Waals surface area contributed by atoms with Crippen LogP contribution in [0, 0.1) is 5.92 Å². The van der Waals surface area contributed by atoms with Gasteiger partial charge in [0.05, 0.1) is 12.5 Å². The maximum Gasteiger partial charge on any atom is 0.407 e. The van der Waals surface area contributed by atoms with E-state index in [0.29, 0.717) is 13.0 Å². The Morgan fingerprint density at radius 2 is 2.37 bits per heavy atom. The van der Waals surface area contributed by atoms with Gasteiger partial charge in [-0.3, -0.25) is 9.59 Å². The van der Waals surface area contributed by atoms with E-state index in [1.807, 2.05) is 0 Å². The Hall–Kier alpha value is -2.45. The standard InChI is InChI=1S/C10H13N5O4/c16-8(6-1-2-15(4-6)10(18)19)11-3-7-9(17)12-5-13-14-7/h5-6H,1-4H2,(H,11,16)(H,18,19)(H,12,13,17). The fraction of sp³-hybridized carbons (Fsp3) is 0.500. The lowest BCUT2D eigenvalue weighted by atomic mass is 10.1. The summed E-state index contributed by atoms with van der Waals surface area (Å²) in [6.07, 6.45) is 0.616. The largest absolute Gasteiger partial charge is 0.465 e. The van der Waals surface area contributed by atoms with Gasteiger partial charge in [0, 0.05) is 13.1 Å². The Balaban J connectivity index is 1.88. The van der Waals surface area contributed by atoms with E-state index in [4.69, 9.17) is 5.11 Å². The number of aromatic nitrogens is 3. The van der Waals surface area contributed by atoms with Crippen LogP contribution < -0.4 is 10.9 Å². The van der Waals surface area contributed by atoms with Crippen molar-refractivity contribution in [3.05, 3.63) is 22.4 Å². The van der Waals surface area contributed by atoms with Crippen molar-refractivity contribution in [2.45, 2.75) is 13.0 Å². The molecule has 2 heterocycles. The maximum absolute atomic E-state index is 11.8. The van der Waals surface area contributed by atoms with Crippen LogP contribution >= 0.6 is 0 Å². The molecule has 1 saturated heterocycles. The highest BCUT2D eigenvalue weighted by molar-refractivity contribution is 5.80. The minimum atomic E-state index is -1.03. The second kappa shape index (κ2) is 5.46. The van der Waals surface area contributed by atoms with Crippen molar-refractivity contribution in [1.29, 1.82) is 0 Å². The fourth-order valence-corrected chi connectivity index (χ4v) is 1.89. The number of likely N-dealkylation sites (tertiary alicyclic amines) is 1. The van der Waals surface area contributed by atoms with Gasteiger partial charge in [-0.15, -0.1) is 10.2 Å². The highest BCUT2D eigenvalue weighted by Crippen LogP contribution is 2.16. The number of hydrogen-bond donors (Lipinski definition) is 3. The SMILES string of the molecule is O=C(NCc1nnc[nH]c1=O)C1CCN(C(=O)O)C1. The predicted octanol–water partition coefficient (Wildman–Crippen LogP) is -1.22. The number of nitrogens with zero attached hydrogens (tertiary/aromatic N) is 3. The first-order valence-electron chi connectivity index (χ1n) is 5.72. The van der Waals surface area contributed by atoms with Gasteiger partial charge in [-0.25, -0.2) is 4.79 Å². The van der Waals surface area contributed by atoms with Crippen LogP contribution in [-0.2, 0) is 11.3 Å². The Bertz CT molecular complexity index is 543. The number of H-pyrrole nitrogens is 1. The van der Waals surface area contributed by atoms with Crippen molar-refractivity contribution in [3.63, 3.8) is 0 Å². The number of amides is 2. The van der Waals surface area contributed by atoms with Gasteiger partial charge in [0.1, 0.15) is 12.0 Å². The molecule has 102 valence electrons. The molecule has 0 spiro atoms. The van der Waals surface area contributed by atoms with Crippen molar-refractivity contribution in [2.75, 3.05) is 13.1 Å². The summed E-state index contributed by atoms with van der Waals surface area (Å²) in [7, 11) is 0. The third kappa shape index (κ3) is 3.06. The summed E-state index contributed by atoms with van der Waals surface area (Å²) in [5.74, 6) is -0.666. The van der Waals surface area contributed by atoms with Gasteiger partial charge < -0.3 is 20.3 Å². The molecule has 0 saturated carbocycles. The van der Waals surface area contributed by atoms with Gasteiger partial charge in [-0.2, -0.15) is 0 Å². The Morgan fingerprint density at radius 3 is 3.00 bits per heavy atom. The molecule has 9 nitrogen and oxygen atoms in total. The minimum absolute atomic E-state index is 0.0222. The van der Waals surface area contributed by atoms with Crippen molar-refractivity contribution in [1.82, 2.24) is 25.4 Å². The van der Waals surface area contributed by atoms with E-state index in [1.54, 1.807) is 0 Å². The summed E-state index contributed by atoms with van der Waals surface area (Å²) in [5, 5.41) is 18.5. The van der Waals surface area contributed by atoms with Gasteiger partial charge >= 0.3 is 6.09 Å². The number of nitrogens with one attached hydrogen (secondary N) is 2. The molecule has 1 unspecified atom stereocenters. The number of carbonyl (C=O) groups excluding carboxylic acids is 1. The zero-order valence-electron chi connectivity index (χ0n) is 10.00. The summed E-state index contributed by atoms with van der Waals surface area (Å²) in [4.78, 5) is 37.4. The molecule has 0 aromatic carbocycles. The van der Waals surface area contributed by atoms with E-state index in [0.717, 1.165) is 6.33 Å². The molecule has 0 radical (unpaired) electrons. The average molecular weight is 267 g/mol. The molecule has 1 fully saturated rings. The molecule has 1 aromatic rings. The molecule has 9 heteroatoms. The Morgan fingerprint density at radius 1 is 1.58 bits per heavy atom. The molecule has 3 N–H and O–H groups in total. The number of aromatic amines is 1. The van der Waals surface area contributed by atoms with Crippen molar-refractivity contribution in [2.24, 2.45) is 5.92 Å². The van der Waals surface area contributed by atoms with Gasteiger partial charge in [-0.1, -0.05) is 0 Å². The third-order valence-electron chi connectivity index (χ3n) is 2.95. The first kappa shape index (κ1) is 13.0. The molecule has 1 aromatic heterocycles. The molecule has 2 rings (SSSR count). The molecule has 1 aliphatic heterocycles. The molecular formula is C10H13N5O4. The summed E-state index contributed by atoms with van der Waals surface area (Å²) in [6, 6.07) is 0. The van der Waals surface area contributed by atoms with Crippen LogP contribution in [0.15, 0.2) is 11.1 Å². The molecule has 19 heavy (non-hydrogen) atoms. The summed E-state index contributed by atoms with van der Waals surface area (Å²) >= 11 is 0. The zero-order chi connectivity index (χ0) is 13.8. The van der Waals surface area contributed by atoms with E-state index in [2.05, 4.69) is 20.5 Å². The zero-order valence-corrected chi connectivity index (χ0v) is 10.00. The van der Waals surface area contributed by atoms with Gasteiger partial charge in [0.15, 0.2) is 0 Å². The van der Waals surface area contributed by atoms with Gasteiger partial charge in [0.2, 0.25) is 5.91 Å². The molecule has 0 aliphatic carbocycles. The maximum atomic E-state index is 11.8. The second-order valence-electron chi connectivity index (χ2n) is 4.20. The Kier molecular flexibility index (Phi) is 3.74.